The third kappa shape index (κ3) is 2.91. The van der Waals surface area contributed by atoms with Gasteiger partial charge in [0.05, 0.1) is 0 Å². The van der Waals surface area contributed by atoms with E-state index in [0.717, 1.165) is 29.0 Å². The van der Waals surface area contributed by atoms with Gasteiger partial charge in [-0.1, -0.05) is 6.07 Å². The normalized spacial score (nSPS) is 18.8. The molecule has 0 radical (unpaired) electrons. The molecule has 0 aliphatic carbocycles. The molecule has 1 aromatic rings. The Morgan fingerprint density at radius 3 is 2.67 bits per heavy atom. The predicted octanol–water partition coefficient (Wildman–Crippen LogP) is 1.30. The number of nitrogens with two attached hydrogens (primary N) is 1. The van der Waals surface area contributed by atoms with Crippen LogP contribution < -0.4 is 16.0 Å². The molecule has 2 aliphatic heterocycles. The van der Waals surface area contributed by atoms with Crippen molar-refractivity contribution in [1.29, 1.82) is 0 Å². The Kier molecular flexibility index (Phi) is 4.75. The SMILES string of the molecule is CC1(C)NC(=O)N(CC(=O)N2CCCc3c(N)cccc32)C1=O.Cl. The van der Waals surface area contributed by atoms with Gasteiger partial charge in [0, 0.05) is 17.9 Å². The summed E-state index contributed by atoms with van der Waals surface area (Å²) in [6.45, 7) is 3.54. The van der Waals surface area contributed by atoms with Crippen LogP contribution >= 0.6 is 12.4 Å². The number of carbonyl (C=O) groups is 3. The maximum Gasteiger partial charge on any atom is 0.325 e. The van der Waals surface area contributed by atoms with Gasteiger partial charge in [-0.3, -0.25) is 14.5 Å². The van der Waals surface area contributed by atoms with Crippen LogP contribution in [0, 0.1) is 0 Å². The summed E-state index contributed by atoms with van der Waals surface area (Å²) in [4.78, 5) is 39.4. The van der Waals surface area contributed by atoms with Gasteiger partial charge in [-0.2, -0.15) is 0 Å². The first kappa shape index (κ1) is 18.1. The van der Waals surface area contributed by atoms with Crippen molar-refractivity contribution in [3.05, 3.63) is 23.8 Å². The Morgan fingerprint density at radius 2 is 2.04 bits per heavy atom. The lowest BCUT2D eigenvalue weighted by atomic mass is 10.00. The summed E-state index contributed by atoms with van der Waals surface area (Å²) in [5, 5.41) is 2.58. The van der Waals surface area contributed by atoms with E-state index in [1.165, 1.54) is 0 Å². The van der Waals surface area contributed by atoms with Gasteiger partial charge in [-0.25, -0.2) is 4.79 Å². The Bertz CT molecular complexity index is 705. The van der Waals surface area contributed by atoms with E-state index in [4.69, 9.17) is 5.73 Å². The number of benzene rings is 1. The van der Waals surface area contributed by atoms with E-state index >= 15 is 0 Å². The molecule has 0 spiro atoms. The molecule has 2 aliphatic rings. The largest absolute Gasteiger partial charge is 0.398 e. The van der Waals surface area contributed by atoms with Crippen LogP contribution in [0.4, 0.5) is 16.2 Å². The number of hydrogen-bond acceptors (Lipinski definition) is 4. The number of nitrogen functional groups attached to an aromatic ring is 1. The molecule has 2 heterocycles. The second-order valence-electron chi connectivity index (χ2n) is 6.44. The molecule has 130 valence electrons. The van der Waals surface area contributed by atoms with Crippen LogP contribution in [0.5, 0.6) is 0 Å². The zero-order chi connectivity index (χ0) is 16.8. The highest BCUT2D eigenvalue weighted by Gasteiger charge is 2.45. The van der Waals surface area contributed by atoms with Crippen molar-refractivity contribution in [3.63, 3.8) is 0 Å². The second-order valence-corrected chi connectivity index (χ2v) is 6.44. The van der Waals surface area contributed by atoms with Gasteiger partial charge >= 0.3 is 6.03 Å². The van der Waals surface area contributed by atoms with Gasteiger partial charge in [-0.05, 0) is 44.4 Å². The Balaban J connectivity index is 0.00000208. The molecule has 24 heavy (non-hydrogen) atoms. The molecule has 0 atom stereocenters. The first-order chi connectivity index (χ1) is 10.8. The van der Waals surface area contributed by atoms with Crippen LogP contribution in [0.1, 0.15) is 25.8 Å². The minimum absolute atomic E-state index is 0. The maximum absolute atomic E-state index is 12.6. The van der Waals surface area contributed by atoms with Crippen molar-refractivity contribution in [2.75, 3.05) is 23.7 Å². The Labute approximate surface area is 146 Å². The number of hydrogen-bond donors (Lipinski definition) is 2. The zero-order valence-corrected chi connectivity index (χ0v) is 14.5. The summed E-state index contributed by atoms with van der Waals surface area (Å²) in [6, 6.07) is 4.93. The van der Waals surface area contributed by atoms with Crippen LogP contribution in [-0.2, 0) is 16.0 Å². The summed E-state index contributed by atoms with van der Waals surface area (Å²) >= 11 is 0. The first-order valence-electron chi connectivity index (χ1n) is 7.63. The number of amides is 4. The monoisotopic (exact) mass is 352 g/mol. The van der Waals surface area contributed by atoms with Crippen LogP contribution in [0.3, 0.4) is 0 Å². The lowest BCUT2D eigenvalue weighted by molar-refractivity contribution is -0.133. The molecular formula is C16H21ClN4O3. The molecule has 3 rings (SSSR count). The highest BCUT2D eigenvalue weighted by Crippen LogP contribution is 2.31. The average Bonchev–Trinajstić information content (AvgIpc) is 2.69. The molecule has 1 saturated heterocycles. The predicted molar refractivity (Wildman–Crippen MR) is 93.1 cm³/mol. The lowest BCUT2D eigenvalue weighted by Gasteiger charge is -2.31. The summed E-state index contributed by atoms with van der Waals surface area (Å²) in [6.07, 6.45) is 1.63. The molecule has 0 aromatic heterocycles. The fraction of sp³-hybridized carbons (Fsp3) is 0.438. The molecular weight excluding hydrogens is 332 g/mol. The smallest absolute Gasteiger partial charge is 0.325 e. The topological polar surface area (TPSA) is 95.7 Å². The summed E-state index contributed by atoms with van der Waals surface area (Å²) < 4.78 is 0. The number of nitrogens with zero attached hydrogens (tertiary/aromatic N) is 2. The van der Waals surface area contributed by atoms with E-state index in [-0.39, 0.29) is 30.8 Å². The van der Waals surface area contributed by atoms with Crippen LogP contribution in [-0.4, -0.2) is 41.4 Å². The second kappa shape index (κ2) is 6.32. The molecule has 7 nitrogen and oxygen atoms in total. The van der Waals surface area contributed by atoms with Crippen molar-refractivity contribution in [2.24, 2.45) is 0 Å². The summed E-state index contributed by atoms with van der Waals surface area (Å²) in [5.74, 6) is -0.668. The molecule has 0 unspecified atom stereocenters. The lowest BCUT2D eigenvalue weighted by Crippen LogP contribution is -2.46. The van der Waals surface area contributed by atoms with E-state index < -0.39 is 11.6 Å². The minimum Gasteiger partial charge on any atom is -0.398 e. The molecule has 1 fully saturated rings. The van der Waals surface area contributed by atoms with Gasteiger partial charge in [-0.15, -0.1) is 12.4 Å². The molecule has 4 amide bonds. The minimum atomic E-state index is -0.971. The number of fused-ring (bicyclic) bond motifs is 1. The number of imide groups is 1. The number of carbonyl (C=O) groups excluding carboxylic acids is 3. The highest BCUT2D eigenvalue weighted by atomic mass is 35.5. The standard InChI is InChI=1S/C16H20N4O3.ClH/c1-16(2)14(22)20(15(23)18-16)9-13(21)19-8-4-5-10-11(17)6-3-7-12(10)19;/h3,6-7H,4-5,8-9,17H2,1-2H3,(H,18,23);1H. The summed E-state index contributed by atoms with van der Waals surface area (Å²) in [5.41, 5.74) is 7.39. The first-order valence-corrected chi connectivity index (χ1v) is 7.63. The molecule has 0 bridgehead atoms. The van der Waals surface area contributed by atoms with Gasteiger partial charge in [0.25, 0.3) is 5.91 Å². The van der Waals surface area contributed by atoms with Crippen LogP contribution in [0.25, 0.3) is 0 Å². The molecule has 3 N–H and O–H groups in total. The molecule has 1 aromatic carbocycles. The Morgan fingerprint density at radius 1 is 1.33 bits per heavy atom. The van der Waals surface area contributed by atoms with Gasteiger partial charge in [0.2, 0.25) is 5.91 Å². The fourth-order valence-electron chi connectivity index (χ4n) is 3.09. The van der Waals surface area contributed by atoms with E-state index in [1.807, 2.05) is 12.1 Å². The fourth-order valence-corrected chi connectivity index (χ4v) is 3.09. The van der Waals surface area contributed by atoms with Gasteiger partial charge < -0.3 is 16.0 Å². The van der Waals surface area contributed by atoms with Crippen LogP contribution in [0.15, 0.2) is 18.2 Å². The van der Waals surface area contributed by atoms with Crippen LogP contribution in [0.2, 0.25) is 0 Å². The highest BCUT2D eigenvalue weighted by molar-refractivity contribution is 6.10. The third-order valence-corrected chi connectivity index (χ3v) is 4.33. The van der Waals surface area contributed by atoms with Crippen molar-refractivity contribution in [2.45, 2.75) is 32.2 Å². The average molecular weight is 353 g/mol. The number of anilines is 2. The number of halogens is 1. The number of nitrogens with one attached hydrogen (secondary N) is 1. The van der Waals surface area contributed by atoms with Gasteiger partial charge in [0.1, 0.15) is 12.1 Å². The van der Waals surface area contributed by atoms with E-state index in [9.17, 15) is 14.4 Å². The van der Waals surface area contributed by atoms with Gasteiger partial charge in [0.15, 0.2) is 0 Å². The Hall–Kier alpha value is -2.28. The van der Waals surface area contributed by atoms with Crippen molar-refractivity contribution in [1.82, 2.24) is 10.2 Å². The quantitative estimate of drug-likeness (QED) is 0.619. The third-order valence-electron chi connectivity index (χ3n) is 4.33. The molecule has 0 saturated carbocycles. The van der Waals surface area contributed by atoms with E-state index in [0.29, 0.717) is 12.2 Å². The van der Waals surface area contributed by atoms with Crippen molar-refractivity contribution in [3.8, 4) is 0 Å². The van der Waals surface area contributed by atoms with Crippen molar-refractivity contribution < 1.29 is 14.4 Å². The molecule has 8 heteroatoms. The van der Waals surface area contributed by atoms with E-state index in [1.54, 1.807) is 24.8 Å². The number of urea groups is 1. The maximum atomic E-state index is 12.6. The summed E-state index contributed by atoms with van der Waals surface area (Å²) in [7, 11) is 0. The number of rotatable bonds is 2. The van der Waals surface area contributed by atoms with Crippen molar-refractivity contribution >= 4 is 41.6 Å². The van der Waals surface area contributed by atoms with E-state index in [2.05, 4.69) is 5.32 Å². The zero-order valence-electron chi connectivity index (χ0n) is 13.7.